The standard InChI is InChI=1S/C13H21N5O/c1-4-6-10(14-5-2)9-11-16-12(17-19-11)13-15-7-8-18(13)3/h7-8,10,14H,4-6,9H2,1-3H3. The molecule has 6 heteroatoms. The van der Waals surface area contributed by atoms with Crippen molar-refractivity contribution in [3.63, 3.8) is 0 Å². The third kappa shape index (κ3) is 3.41. The first-order chi connectivity index (χ1) is 9.24. The smallest absolute Gasteiger partial charge is 0.238 e. The number of aromatic nitrogens is 4. The second-order valence-electron chi connectivity index (χ2n) is 4.62. The van der Waals surface area contributed by atoms with Gasteiger partial charge in [-0.1, -0.05) is 25.4 Å². The summed E-state index contributed by atoms with van der Waals surface area (Å²) in [4.78, 5) is 8.63. The summed E-state index contributed by atoms with van der Waals surface area (Å²) in [5, 5.41) is 7.43. The Bertz CT molecular complexity index is 499. The van der Waals surface area contributed by atoms with Gasteiger partial charge in [0, 0.05) is 31.9 Å². The zero-order chi connectivity index (χ0) is 13.7. The molecule has 0 aliphatic carbocycles. The first-order valence-electron chi connectivity index (χ1n) is 6.78. The molecular formula is C13H21N5O. The number of hydrogen-bond acceptors (Lipinski definition) is 5. The van der Waals surface area contributed by atoms with Crippen LogP contribution in [0.4, 0.5) is 0 Å². The van der Waals surface area contributed by atoms with Gasteiger partial charge in [0.25, 0.3) is 0 Å². The molecule has 0 radical (unpaired) electrons. The van der Waals surface area contributed by atoms with Gasteiger partial charge in [-0.2, -0.15) is 4.98 Å². The monoisotopic (exact) mass is 263 g/mol. The molecule has 0 spiro atoms. The molecule has 0 amide bonds. The maximum Gasteiger partial charge on any atom is 0.238 e. The Morgan fingerprint density at radius 1 is 1.42 bits per heavy atom. The fourth-order valence-corrected chi connectivity index (χ4v) is 2.13. The average molecular weight is 263 g/mol. The predicted molar refractivity (Wildman–Crippen MR) is 72.6 cm³/mol. The van der Waals surface area contributed by atoms with E-state index in [1.54, 1.807) is 6.20 Å². The van der Waals surface area contributed by atoms with Gasteiger partial charge in [-0.25, -0.2) is 4.98 Å². The maximum absolute atomic E-state index is 5.31. The van der Waals surface area contributed by atoms with Gasteiger partial charge in [0.05, 0.1) is 0 Å². The number of imidazole rings is 1. The normalized spacial score (nSPS) is 12.8. The molecule has 0 saturated carbocycles. The number of hydrogen-bond donors (Lipinski definition) is 1. The lowest BCUT2D eigenvalue weighted by Crippen LogP contribution is -2.30. The van der Waals surface area contributed by atoms with E-state index >= 15 is 0 Å². The van der Waals surface area contributed by atoms with E-state index in [0.29, 0.717) is 17.8 Å². The minimum absolute atomic E-state index is 0.393. The molecule has 2 rings (SSSR count). The molecule has 6 nitrogen and oxygen atoms in total. The summed E-state index contributed by atoms with van der Waals surface area (Å²) in [6, 6.07) is 0.393. The van der Waals surface area contributed by atoms with E-state index in [1.807, 2.05) is 17.8 Å². The van der Waals surface area contributed by atoms with Crippen LogP contribution in [-0.4, -0.2) is 32.3 Å². The highest BCUT2D eigenvalue weighted by atomic mass is 16.5. The van der Waals surface area contributed by atoms with Crippen molar-refractivity contribution in [3.8, 4) is 11.6 Å². The molecule has 1 N–H and O–H groups in total. The fourth-order valence-electron chi connectivity index (χ4n) is 2.13. The van der Waals surface area contributed by atoms with Gasteiger partial charge in [-0.3, -0.25) is 0 Å². The highest BCUT2D eigenvalue weighted by Gasteiger charge is 2.15. The lowest BCUT2D eigenvalue weighted by Gasteiger charge is -2.14. The van der Waals surface area contributed by atoms with Crippen LogP contribution in [0.25, 0.3) is 11.6 Å². The second-order valence-corrected chi connectivity index (χ2v) is 4.62. The summed E-state index contributed by atoms with van der Waals surface area (Å²) in [5.41, 5.74) is 0. The van der Waals surface area contributed by atoms with Gasteiger partial charge in [0.1, 0.15) is 0 Å². The van der Waals surface area contributed by atoms with Gasteiger partial charge in [-0.05, 0) is 13.0 Å². The van der Waals surface area contributed by atoms with E-state index in [0.717, 1.165) is 31.6 Å². The molecule has 1 atom stereocenters. The minimum atomic E-state index is 0.393. The third-order valence-electron chi connectivity index (χ3n) is 3.04. The van der Waals surface area contributed by atoms with Crippen molar-refractivity contribution >= 4 is 0 Å². The second kappa shape index (κ2) is 6.47. The van der Waals surface area contributed by atoms with Crippen LogP contribution in [0.3, 0.4) is 0 Å². The van der Waals surface area contributed by atoms with Crippen LogP contribution in [0.1, 0.15) is 32.6 Å². The number of likely N-dealkylation sites (N-methyl/N-ethyl adjacent to an activating group) is 1. The predicted octanol–water partition coefficient (Wildman–Crippen LogP) is 1.79. The molecule has 2 heterocycles. The Morgan fingerprint density at radius 2 is 2.26 bits per heavy atom. The topological polar surface area (TPSA) is 68.8 Å². The molecule has 2 aromatic rings. The summed E-state index contributed by atoms with van der Waals surface area (Å²) in [5.74, 6) is 1.94. The van der Waals surface area contributed by atoms with Crippen LogP contribution < -0.4 is 5.32 Å². The average Bonchev–Trinajstić information content (AvgIpc) is 2.98. The molecule has 0 aliphatic rings. The highest BCUT2D eigenvalue weighted by Crippen LogP contribution is 2.14. The summed E-state index contributed by atoms with van der Waals surface area (Å²) in [7, 11) is 1.91. The summed E-state index contributed by atoms with van der Waals surface area (Å²) >= 11 is 0. The van der Waals surface area contributed by atoms with Crippen LogP contribution in [-0.2, 0) is 13.5 Å². The molecule has 2 aromatic heterocycles. The van der Waals surface area contributed by atoms with Gasteiger partial charge in [0.2, 0.25) is 11.7 Å². The minimum Gasteiger partial charge on any atom is -0.339 e. The van der Waals surface area contributed by atoms with E-state index < -0.39 is 0 Å². The van der Waals surface area contributed by atoms with Crippen molar-refractivity contribution in [1.82, 2.24) is 25.0 Å². The Kier molecular flexibility index (Phi) is 4.68. The Hall–Kier alpha value is -1.69. The highest BCUT2D eigenvalue weighted by molar-refractivity contribution is 5.42. The zero-order valence-electron chi connectivity index (χ0n) is 11.8. The van der Waals surface area contributed by atoms with Crippen molar-refractivity contribution in [3.05, 3.63) is 18.3 Å². The van der Waals surface area contributed by atoms with Crippen molar-refractivity contribution in [2.24, 2.45) is 7.05 Å². The van der Waals surface area contributed by atoms with Gasteiger partial charge >= 0.3 is 0 Å². The molecule has 19 heavy (non-hydrogen) atoms. The van der Waals surface area contributed by atoms with Gasteiger partial charge in [0.15, 0.2) is 5.82 Å². The van der Waals surface area contributed by atoms with Crippen LogP contribution >= 0.6 is 0 Å². The van der Waals surface area contributed by atoms with E-state index in [9.17, 15) is 0 Å². The van der Waals surface area contributed by atoms with E-state index in [1.165, 1.54) is 0 Å². The molecule has 0 saturated heterocycles. The fraction of sp³-hybridized carbons (Fsp3) is 0.615. The number of nitrogens with one attached hydrogen (secondary N) is 1. The molecule has 0 aliphatic heterocycles. The molecule has 104 valence electrons. The van der Waals surface area contributed by atoms with Crippen molar-refractivity contribution in [1.29, 1.82) is 0 Å². The number of rotatable bonds is 7. The SMILES string of the molecule is CCCC(Cc1nc(-c2nccn2C)no1)NCC. The lowest BCUT2D eigenvalue weighted by molar-refractivity contribution is 0.352. The van der Waals surface area contributed by atoms with Crippen LogP contribution in [0, 0.1) is 0 Å². The first kappa shape index (κ1) is 13.7. The number of aryl methyl sites for hydroxylation is 1. The van der Waals surface area contributed by atoms with E-state index in [4.69, 9.17) is 4.52 Å². The quantitative estimate of drug-likeness (QED) is 0.824. The zero-order valence-corrected chi connectivity index (χ0v) is 11.8. The molecule has 0 aromatic carbocycles. The van der Waals surface area contributed by atoms with E-state index in [2.05, 4.69) is 34.3 Å². The van der Waals surface area contributed by atoms with Crippen LogP contribution in [0.2, 0.25) is 0 Å². The summed E-state index contributed by atoms with van der Waals surface area (Å²) < 4.78 is 7.19. The Morgan fingerprint density at radius 3 is 2.89 bits per heavy atom. The molecular weight excluding hydrogens is 242 g/mol. The maximum atomic E-state index is 5.31. The van der Waals surface area contributed by atoms with Crippen molar-refractivity contribution in [2.75, 3.05) is 6.54 Å². The number of nitrogens with zero attached hydrogens (tertiary/aromatic N) is 4. The van der Waals surface area contributed by atoms with Crippen LogP contribution in [0.5, 0.6) is 0 Å². The van der Waals surface area contributed by atoms with Gasteiger partial charge in [-0.15, -0.1) is 0 Å². The van der Waals surface area contributed by atoms with Crippen molar-refractivity contribution in [2.45, 2.75) is 39.2 Å². The summed E-state index contributed by atoms with van der Waals surface area (Å²) in [6.07, 6.45) is 6.60. The summed E-state index contributed by atoms with van der Waals surface area (Å²) in [6.45, 7) is 5.23. The van der Waals surface area contributed by atoms with Crippen LogP contribution in [0.15, 0.2) is 16.9 Å². The Balaban J connectivity index is 2.06. The van der Waals surface area contributed by atoms with E-state index in [-0.39, 0.29) is 0 Å². The van der Waals surface area contributed by atoms with Crippen molar-refractivity contribution < 1.29 is 4.52 Å². The first-order valence-corrected chi connectivity index (χ1v) is 6.78. The lowest BCUT2D eigenvalue weighted by atomic mass is 10.1. The third-order valence-corrected chi connectivity index (χ3v) is 3.04. The molecule has 0 bridgehead atoms. The Labute approximate surface area is 113 Å². The largest absolute Gasteiger partial charge is 0.339 e. The molecule has 0 fully saturated rings. The molecule has 1 unspecified atom stereocenters. The van der Waals surface area contributed by atoms with Gasteiger partial charge < -0.3 is 14.4 Å².